The topological polar surface area (TPSA) is 56.3 Å². The number of nitrogens with one attached hydrogen (secondary N) is 2. The molecule has 0 amide bonds. The van der Waals surface area contributed by atoms with Crippen molar-refractivity contribution in [1.82, 2.24) is 9.97 Å². The highest BCUT2D eigenvalue weighted by Gasteiger charge is 2.21. The van der Waals surface area contributed by atoms with Crippen LogP contribution in [0.4, 0.5) is 0 Å². The summed E-state index contributed by atoms with van der Waals surface area (Å²) < 4.78 is 0. The fourth-order valence-corrected chi connectivity index (χ4v) is 3.69. The number of aliphatic imine (C=N–C) groups is 2. The summed E-state index contributed by atoms with van der Waals surface area (Å²) in [6.07, 6.45) is 12.9. The number of aromatic amines is 2. The van der Waals surface area contributed by atoms with Gasteiger partial charge in [0.1, 0.15) is 0 Å². The Kier molecular flexibility index (Phi) is 4.40. The summed E-state index contributed by atoms with van der Waals surface area (Å²) in [4.78, 5) is 15.9. The van der Waals surface area contributed by atoms with Crippen LogP contribution in [-0.4, -0.2) is 21.9 Å². The van der Waals surface area contributed by atoms with Crippen LogP contribution in [0.3, 0.4) is 0 Å². The molecule has 0 saturated carbocycles. The predicted molar refractivity (Wildman–Crippen MR) is 114 cm³/mol. The lowest BCUT2D eigenvalue weighted by Gasteiger charge is -2.07. The van der Waals surface area contributed by atoms with Crippen molar-refractivity contribution in [1.29, 1.82) is 0 Å². The molecule has 0 bridgehead atoms. The van der Waals surface area contributed by atoms with Crippen LogP contribution >= 0.6 is 0 Å². The first-order valence-electron chi connectivity index (χ1n) is 9.24. The molecule has 2 aliphatic heterocycles. The van der Waals surface area contributed by atoms with Gasteiger partial charge in [-0.3, -0.25) is 9.98 Å². The summed E-state index contributed by atoms with van der Waals surface area (Å²) in [5.74, 6) is 0. The first-order valence-corrected chi connectivity index (χ1v) is 9.24. The zero-order chi connectivity index (χ0) is 19.0. The molecule has 0 unspecified atom stereocenters. The van der Waals surface area contributed by atoms with Crippen LogP contribution in [0.5, 0.6) is 0 Å². The molecule has 4 heterocycles. The van der Waals surface area contributed by atoms with E-state index < -0.39 is 0 Å². The zero-order valence-corrected chi connectivity index (χ0v) is 16.2. The van der Waals surface area contributed by atoms with Gasteiger partial charge < -0.3 is 9.97 Å². The Morgan fingerprint density at radius 2 is 1.96 bits per heavy atom. The minimum Gasteiger partial charge on any atom is -0.362 e. The summed E-state index contributed by atoms with van der Waals surface area (Å²) in [6, 6.07) is 4.06. The van der Waals surface area contributed by atoms with Gasteiger partial charge >= 0.3 is 0 Å². The standard InChI is InChI=1S/C23H24N4/c1-14-20(16(3)26-22(14)11-18-7-5-9-24-18)13-21-15(2)23(27-17(21)4)12-19-8-6-10-25-19/h5-12,24,27H,13H2,1-4H3/b19-12+,22-11-. The lowest BCUT2D eigenvalue weighted by molar-refractivity contribution is 1.12. The van der Waals surface area contributed by atoms with Crippen LogP contribution in [0.1, 0.15) is 42.1 Å². The summed E-state index contributed by atoms with van der Waals surface area (Å²) >= 11 is 0. The van der Waals surface area contributed by atoms with Crippen molar-refractivity contribution in [3.05, 3.63) is 81.2 Å². The van der Waals surface area contributed by atoms with Gasteiger partial charge in [-0.1, -0.05) is 0 Å². The SMILES string of the molecule is CC1=N/C(=C\c2ccc[nH]2)C(C)=C1Cc1c(C)[nH]c(/C=C2\C=CC=N2)c1C. The average molecular weight is 356 g/mol. The number of H-pyrrole nitrogens is 2. The van der Waals surface area contributed by atoms with E-state index in [0.29, 0.717) is 0 Å². The molecule has 136 valence electrons. The molecule has 2 N–H and O–H groups in total. The van der Waals surface area contributed by atoms with Crippen molar-refractivity contribution in [3.8, 4) is 0 Å². The van der Waals surface area contributed by atoms with Crippen LogP contribution in [-0.2, 0) is 6.42 Å². The van der Waals surface area contributed by atoms with Crippen LogP contribution in [0.2, 0.25) is 0 Å². The molecule has 4 rings (SSSR count). The normalized spacial score (nSPS) is 19.2. The number of hydrogen-bond donors (Lipinski definition) is 2. The Labute approximate surface area is 159 Å². The monoisotopic (exact) mass is 356 g/mol. The number of aryl methyl sites for hydroxylation is 1. The van der Waals surface area contributed by atoms with Gasteiger partial charge in [0.15, 0.2) is 0 Å². The van der Waals surface area contributed by atoms with Gasteiger partial charge in [-0.15, -0.1) is 0 Å². The molecule has 2 aromatic rings. The lowest BCUT2D eigenvalue weighted by Crippen LogP contribution is -2.01. The van der Waals surface area contributed by atoms with E-state index in [1.54, 1.807) is 0 Å². The van der Waals surface area contributed by atoms with E-state index in [1.165, 1.54) is 28.0 Å². The molecule has 27 heavy (non-hydrogen) atoms. The third-order valence-corrected chi connectivity index (χ3v) is 5.33. The van der Waals surface area contributed by atoms with Gasteiger partial charge in [0.05, 0.1) is 11.4 Å². The Hall–Kier alpha value is -3.14. The maximum atomic E-state index is 4.80. The van der Waals surface area contributed by atoms with Crippen LogP contribution < -0.4 is 0 Å². The fraction of sp³-hybridized carbons (Fsp3) is 0.217. The van der Waals surface area contributed by atoms with E-state index >= 15 is 0 Å². The summed E-state index contributed by atoms with van der Waals surface area (Å²) in [5.41, 5.74) is 11.8. The first kappa shape index (κ1) is 17.3. The van der Waals surface area contributed by atoms with E-state index in [9.17, 15) is 0 Å². The van der Waals surface area contributed by atoms with Crippen molar-refractivity contribution in [3.63, 3.8) is 0 Å². The maximum Gasteiger partial charge on any atom is 0.0686 e. The molecule has 0 saturated heterocycles. The quantitative estimate of drug-likeness (QED) is 0.745. The molecule has 0 fully saturated rings. The molecule has 4 nitrogen and oxygen atoms in total. The minimum atomic E-state index is 0.889. The van der Waals surface area contributed by atoms with Crippen molar-refractivity contribution in [2.75, 3.05) is 0 Å². The Morgan fingerprint density at radius 1 is 1.11 bits per heavy atom. The fourth-order valence-electron chi connectivity index (χ4n) is 3.69. The largest absolute Gasteiger partial charge is 0.362 e. The Balaban J connectivity index is 1.66. The highest BCUT2D eigenvalue weighted by molar-refractivity contribution is 6.04. The predicted octanol–water partition coefficient (Wildman–Crippen LogP) is 5.32. The molecule has 0 spiro atoms. The Bertz CT molecular complexity index is 1050. The highest BCUT2D eigenvalue weighted by Crippen LogP contribution is 2.31. The van der Waals surface area contributed by atoms with Crippen molar-refractivity contribution in [2.24, 2.45) is 9.98 Å². The van der Waals surface area contributed by atoms with Gasteiger partial charge in [0, 0.05) is 41.6 Å². The molecular weight excluding hydrogens is 332 g/mol. The summed E-state index contributed by atoms with van der Waals surface area (Å²) in [5, 5.41) is 0. The second-order valence-electron chi connectivity index (χ2n) is 7.11. The average Bonchev–Trinajstić information content (AvgIpc) is 3.40. The van der Waals surface area contributed by atoms with E-state index in [0.717, 1.165) is 34.9 Å². The van der Waals surface area contributed by atoms with Gasteiger partial charge in [-0.05, 0) is 86.4 Å². The molecule has 2 aromatic heterocycles. The van der Waals surface area contributed by atoms with Crippen molar-refractivity contribution < 1.29 is 0 Å². The van der Waals surface area contributed by atoms with Gasteiger partial charge in [0.25, 0.3) is 0 Å². The number of allylic oxidation sites excluding steroid dienone is 4. The number of aromatic nitrogens is 2. The first-order chi connectivity index (χ1) is 13.0. The molecule has 0 radical (unpaired) electrons. The maximum absolute atomic E-state index is 4.80. The summed E-state index contributed by atoms with van der Waals surface area (Å²) in [6.45, 7) is 8.60. The van der Waals surface area contributed by atoms with Gasteiger partial charge in [0.2, 0.25) is 0 Å². The van der Waals surface area contributed by atoms with Crippen LogP contribution in [0, 0.1) is 13.8 Å². The van der Waals surface area contributed by atoms with E-state index in [-0.39, 0.29) is 0 Å². The highest BCUT2D eigenvalue weighted by atomic mass is 14.8. The number of hydrogen-bond acceptors (Lipinski definition) is 2. The van der Waals surface area contributed by atoms with Crippen LogP contribution in [0.15, 0.2) is 63.0 Å². The van der Waals surface area contributed by atoms with Crippen molar-refractivity contribution in [2.45, 2.75) is 34.1 Å². The van der Waals surface area contributed by atoms with E-state index in [2.05, 4.69) is 60.9 Å². The van der Waals surface area contributed by atoms with Gasteiger partial charge in [-0.25, -0.2) is 0 Å². The van der Waals surface area contributed by atoms with E-state index in [1.807, 2.05) is 30.6 Å². The molecule has 2 aliphatic rings. The van der Waals surface area contributed by atoms with Crippen molar-refractivity contribution >= 4 is 24.1 Å². The van der Waals surface area contributed by atoms with Crippen LogP contribution in [0.25, 0.3) is 12.2 Å². The Morgan fingerprint density at radius 3 is 2.67 bits per heavy atom. The second-order valence-corrected chi connectivity index (χ2v) is 7.11. The minimum absolute atomic E-state index is 0.889. The number of rotatable bonds is 4. The number of nitrogens with zero attached hydrogens (tertiary/aromatic N) is 2. The van der Waals surface area contributed by atoms with Gasteiger partial charge in [-0.2, -0.15) is 0 Å². The zero-order valence-electron chi connectivity index (χ0n) is 16.2. The molecule has 0 atom stereocenters. The third kappa shape index (κ3) is 3.31. The third-order valence-electron chi connectivity index (χ3n) is 5.33. The molecule has 4 heteroatoms. The summed E-state index contributed by atoms with van der Waals surface area (Å²) in [7, 11) is 0. The molecule has 0 aromatic carbocycles. The molecular formula is C23H24N4. The smallest absolute Gasteiger partial charge is 0.0686 e. The van der Waals surface area contributed by atoms with E-state index in [4.69, 9.17) is 4.99 Å². The molecule has 0 aliphatic carbocycles. The lowest BCUT2D eigenvalue weighted by atomic mass is 9.95. The second kappa shape index (κ2) is 6.88.